The molecular weight excluding hydrogens is 112 g/mol. The topological polar surface area (TPSA) is 66.9 Å². The molecule has 0 aliphatic rings. The van der Waals surface area contributed by atoms with E-state index in [2.05, 4.69) is 0 Å². The molecule has 3 nitrogen and oxygen atoms in total. The van der Waals surface area contributed by atoms with Crippen LogP contribution in [0, 0.1) is 11.3 Å². The van der Waals surface area contributed by atoms with Gasteiger partial charge in [0.2, 0.25) is 0 Å². The maximum absolute atomic E-state index is 10.0. The van der Waals surface area contributed by atoms with Crippen molar-refractivity contribution < 1.29 is 4.21 Å². The van der Waals surface area contributed by atoms with E-state index in [0.717, 1.165) is 0 Å². The molecular formula is C3H6N2OS. The third kappa shape index (κ3) is 2.31. The molecule has 4 heteroatoms. The van der Waals surface area contributed by atoms with Crippen LogP contribution in [0.2, 0.25) is 0 Å². The summed E-state index contributed by atoms with van der Waals surface area (Å²) < 4.78 is 10.0. The molecule has 2 unspecified atom stereocenters. The number of hydrogen-bond donors (Lipinski definition) is 1. The Balaban J connectivity index is 3.63. The van der Waals surface area contributed by atoms with E-state index >= 15 is 0 Å². The largest absolute Gasteiger partial charge is 0.251 e. The lowest BCUT2D eigenvalue weighted by Crippen LogP contribution is -2.15. The van der Waals surface area contributed by atoms with Gasteiger partial charge in [0.1, 0.15) is 16.2 Å². The van der Waals surface area contributed by atoms with Crippen molar-refractivity contribution in [2.45, 2.75) is 12.2 Å². The van der Waals surface area contributed by atoms with Gasteiger partial charge in [0.15, 0.2) is 0 Å². The van der Waals surface area contributed by atoms with E-state index in [1.807, 2.05) is 0 Å². The standard InChI is InChI=1S/C3H6N2OS/c1-3(2-4)7(5)6/h3H,5H2,1H3. The average Bonchev–Trinajstić information content (AvgIpc) is 1.65. The summed E-state index contributed by atoms with van der Waals surface area (Å²) in [7, 11) is -1.47. The smallest absolute Gasteiger partial charge is 0.133 e. The normalized spacial score (nSPS) is 17.3. The van der Waals surface area contributed by atoms with E-state index in [9.17, 15) is 4.21 Å². The molecule has 0 heterocycles. The van der Waals surface area contributed by atoms with E-state index in [1.54, 1.807) is 6.07 Å². The van der Waals surface area contributed by atoms with Crippen LogP contribution in [-0.4, -0.2) is 9.46 Å². The van der Waals surface area contributed by atoms with Crippen LogP contribution in [0.5, 0.6) is 0 Å². The molecule has 0 radical (unpaired) electrons. The van der Waals surface area contributed by atoms with Crippen molar-refractivity contribution in [3.8, 4) is 6.07 Å². The fourth-order valence-electron chi connectivity index (χ4n) is 0.0519. The monoisotopic (exact) mass is 118 g/mol. The summed E-state index contributed by atoms with van der Waals surface area (Å²) in [4.78, 5) is 0. The summed E-state index contributed by atoms with van der Waals surface area (Å²) in [5, 5.41) is 12.2. The first-order chi connectivity index (χ1) is 3.18. The van der Waals surface area contributed by atoms with Crippen molar-refractivity contribution >= 4 is 11.0 Å². The lowest BCUT2D eigenvalue weighted by Gasteiger charge is -1.89. The lowest BCUT2D eigenvalue weighted by molar-refractivity contribution is 0.681. The minimum atomic E-state index is -1.47. The zero-order valence-electron chi connectivity index (χ0n) is 3.92. The van der Waals surface area contributed by atoms with Crippen LogP contribution in [-0.2, 0) is 11.0 Å². The first-order valence-electron chi connectivity index (χ1n) is 1.73. The Morgan fingerprint density at radius 3 is 2.43 bits per heavy atom. The van der Waals surface area contributed by atoms with E-state index in [-0.39, 0.29) is 0 Å². The second-order valence-electron chi connectivity index (χ2n) is 1.10. The van der Waals surface area contributed by atoms with Gasteiger partial charge in [-0.1, -0.05) is 0 Å². The molecule has 2 atom stereocenters. The highest BCUT2D eigenvalue weighted by Gasteiger charge is 2.00. The highest BCUT2D eigenvalue weighted by molar-refractivity contribution is 7.83. The van der Waals surface area contributed by atoms with Crippen molar-refractivity contribution in [1.29, 1.82) is 5.26 Å². The quantitative estimate of drug-likeness (QED) is 0.505. The van der Waals surface area contributed by atoms with Crippen molar-refractivity contribution in [3.63, 3.8) is 0 Å². The average molecular weight is 118 g/mol. The Bertz CT molecular complexity index is 117. The second-order valence-corrected chi connectivity index (χ2v) is 2.46. The minimum absolute atomic E-state index is 0.542. The van der Waals surface area contributed by atoms with Gasteiger partial charge in [0.05, 0.1) is 6.07 Å². The van der Waals surface area contributed by atoms with E-state index in [0.29, 0.717) is 0 Å². The van der Waals surface area contributed by atoms with Crippen molar-refractivity contribution in [2.24, 2.45) is 5.14 Å². The zero-order valence-corrected chi connectivity index (χ0v) is 4.73. The van der Waals surface area contributed by atoms with Gasteiger partial charge in [-0.05, 0) is 6.92 Å². The van der Waals surface area contributed by atoms with Gasteiger partial charge < -0.3 is 0 Å². The van der Waals surface area contributed by atoms with Gasteiger partial charge >= 0.3 is 0 Å². The third-order valence-corrected chi connectivity index (χ3v) is 1.33. The Morgan fingerprint density at radius 1 is 2.00 bits per heavy atom. The molecule has 0 aromatic carbocycles. The van der Waals surface area contributed by atoms with Gasteiger partial charge in [0.25, 0.3) is 0 Å². The molecule has 0 aromatic rings. The SMILES string of the molecule is CC(C#N)S(N)=O. The van der Waals surface area contributed by atoms with E-state index in [1.165, 1.54) is 6.92 Å². The van der Waals surface area contributed by atoms with Gasteiger partial charge in [-0.2, -0.15) is 5.26 Å². The Kier molecular flexibility index (Phi) is 2.56. The van der Waals surface area contributed by atoms with Gasteiger partial charge in [-0.15, -0.1) is 0 Å². The second kappa shape index (κ2) is 2.72. The highest BCUT2D eigenvalue weighted by atomic mass is 32.2. The first-order valence-corrected chi connectivity index (χ1v) is 3.00. The van der Waals surface area contributed by atoms with Gasteiger partial charge in [-0.3, -0.25) is 5.14 Å². The summed E-state index contributed by atoms with van der Waals surface area (Å²) in [6.07, 6.45) is 0. The minimum Gasteiger partial charge on any atom is -0.251 e. The molecule has 0 rings (SSSR count). The van der Waals surface area contributed by atoms with Crippen molar-refractivity contribution in [2.75, 3.05) is 0 Å². The molecule has 0 aliphatic carbocycles. The van der Waals surface area contributed by atoms with Crippen LogP contribution in [0.15, 0.2) is 0 Å². The summed E-state index contributed by atoms with van der Waals surface area (Å²) in [5.41, 5.74) is 0. The van der Waals surface area contributed by atoms with Crippen molar-refractivity contribution in [3.05, 3.63) is 0 Å². The molecule has 2 N–H and O–H groups in total. The number of rotatable bonds is 1. The van der Waals surface area contributed by atoms with Crippen LogP contribution in [0.25, 0.3) is 0 Å². The first kappa shape index (κ1) is 6.60. The molecule has 0 aromatic heterocycles. The van der Waals surface area contributed by atoms with Gasteiger partial charge in [0, 0.05) is 0 Å². The zero-order chi connectivity index (χ0) is 5.86. The predicted molar refractivity (Wildman–Crippen MR) is 27.4 cm³/mol. The van der Waals surface area contributed by atoms with Crippen LogP contribution in [0.1, 0.15) is 6.92 Å². The summed E-state index contributed by atoms with van der Waals surface area (Å²) in [6.45, 7) is 1.51. The number of nitrogens with zero attached hydrogens (tertiary/aromatic N) is 1. The Labute approximate surface area is 44.7 Å². The van der Waals surface area contributed by atoms with Gasteiger partial charge in [-0.25, -0.2) is 4.21 Å². The van der Waals surface area contributed by atoms with Crippen LogP contribution in [0.4, 0.5) is 0 Å². The van der Waals surface area contributed by atoms with Crippen LogP contribution in [0.3, 0.4) is 0 Å². The fourth-order valence-corrected chi connectivity index (χ4v) is 0.156. The van der Waals surface area contributed by atoms with E-state index in [4.69, 9.17) is 10.4 Å². The molecule has 0 aliphatic heterocycles. The highest BCUT2D eigenvalue weighted by Crippen LogP contribution is 1.82. The number of nitriles is 1. The van der Waals surface area contributed by atoms with Crippen LogP contribution >= 0.6 is 0 Å². The molecule has 0 saturated heterocycles. The summed E-state index contributed by atoms with van der Waals surface area (Å²) in [5.74, 6) is 0. The number of hydrogen-bond acceptors (Lipinski definition) is 2. The maximum atomic E-state index is 10.0. The third-order valence-electron chi connectivity index (χ3n) is 0.530. The predicted octanol–water partition coefficient (Wildman–Crippen LogP) is -0.479. The summed E-state index contributed by atoms with van der Waals surface area (Å²) >= 11 is 0. The number of nitrogens with two attached hydrogens (primary N) is 1. The lowest BCUT2D eigenvalue weighted by atomic mass is 10.5. The Morgan fingerprint density at radius 2 is 2.43 bits per heavy atom. The molecule has 0 amide bonds. The molecule has 7 heavy (non-hydrogen) atoms. The fraction of sp³-hybridized carbons (Fsp3) is 0.667. The van der Waals surface area contributed by atoms with E-state index < -0.39 is 16.2 Å². The molecule has 0 bridgehead atoms. The molecule has 0 fully saturated rings. The Hall–Kier alpha value is -0.400. The molecule has 0 spiro atoms. The molecule has 40 valence electrons. The maximum Gasteiger partial charge on any atom is 0.133 e. The molecule has 0 saturated carbocycles. The summed E-state index contributed by atoms with van der Waals surface area (Å²) in [6, 6.07) is 1.74. The van der Waals surface area contributed by atoms with Crippen LogP contribution < -0.4 is 5.14 Å². The van der Waals surface area contributed by atoms with Crippen molar-refractivity contribution in [1.82, 2.24) is 0 Å².